The van der Waals surface area contributed by atoms with Crippen molar-refractivity contribution in [1.82, 2.24) is 5.32 Å². The zero-order valence-corrected chi connectivity index (χ0v) is 19.6. The molecule has 1 unspecified atom stereocenters. The molecule has 7 nitrogen and oxygen atoms in total. The van der Waals surface area contributed by atoms with Gasteiger partial charge in [0.15, 0.2) is 5.78 Å². The van der Waals surface area contributed by atoms with Gasteiger partial charge >= 0.3 is 12.1 Å². The molecule has 35 heavy (non-hydrogen) atoms. The smallest absolute Gasteiger partial charge is 0.408 e. The summed E-state index contributed by atoms with van der Waals surface area (Å²) in [6, 6.07) is 24.6. The average Bonchev–Trinajstić information content (AvgIpc) is 2.88. The number of hydrogen-bond acceptors (Lipinski definition) is 5. The maximum absolute atomic E-state index is 13.2. The van der Waals surface area contributed by atoms with E-state index in [1.165, 1.54) is 0 Å². The first kappa shape index (κ1) is 25.5. The van der Waals surface area contributed by atoms with E-state index in [9.17, 15) is 19.5 Å². The van der Waals surface area contributed by atoms with Crippen molar-refractivity contribution in [2.45, 2.75) is 31.9 Å². The van der Waals surface area contributed by atoms with Crippen molar-refractivity contribution >= 4 is 17.8 Å². The van der Waals surface area contributed by atoms with Crippen LogP contribution in [0.4, 0.5) is 4.79 Å². The molecule has 0 aliphatic carbocycles. The molecule has 3 aromatic rings. The normalized spacial score (nSPS) is 12.3. The lowest BCUT2D eigenvalue weighted by Crippen LogP contribution is -2.43. The Kier molecular flexibility index (Phi) is 9.42. The van der Waals surface area contributed by atoms with Gasteiger partial charge in [-0.1, -0.05) is 72.8 Å². The number of hydrogen-bond donors (Lipinski definition) is 2. The van der Waals surface area contributed by atoms with Crippen LogP contribution in [0.1, 0.15) is 23.1 Å². The molecular formula is C28H29NO6. The first-order valence-corrected chi connectivity index (χ1v) is 11.3. The van der Waals surface area contributed by atoms with E-state index in [0.29, 0.717) is 5.75 Å². The van der Waals surface area contributed by atoms with Crippen molar-refractivity contribution in [1.29, 1.82) is 0 Å². The summed E-state index contributed by atoms with van der Waals surface area (Å²) in [6.07, 6.45) is -0.542. The third-order valence-electron chi connectivity index (χ3n) is 5.61. The SMILES string of the molecule is COc1ccc(CC(CC(=O)[C@@H](Cc2ccccc2)NC(=O)OCc2ccccc2)C(=O)O)cc1. The minimum Gasteiger partial charge on any atom is -0.497 e. The third-order valence-corrected chi connectivity index (χ3v) is 5.61. The Morgan fingerprint density at radius 2 is 1.37 bits per heavy atom. The van der Waals surface area contributed by atoms with Crippen LogP contribution in [0.15, 0.2) is 84.9 Å². The molecule has 0 bridgehead atoms. The van der Waals surface area contributed by atoms with E-state index in [0.717, 1.165) is 16.7 Å². The number of carboxylic acid groups (broad SMARTS) is 1. The van der Waals surface area contributed by atoms with Gasteiger partial charge in [0.25, 0.3) is 0 Å². The molecule has 2 atom stereocenters. The van der Waals surface area contributed by atoms with Crippen molar-refractivity contribution in [3.63, 3.8) is 0 Å². The Morgan fingerprint density at radius 3 is 1.94 bits per heavy atom. The summed E-state index contributed by atoms with van der Waals surface area (Å²) >= 11 is 0. The fourth-order valence-electron chi connectivity index (χ4n) is 3.68. The number of Topliss-reactive ketones (excluding diaryl/α,β-unsaturated/α-hetero) is 1. The van der Waals surface area contributed by atoms with Crippen molar-refractivity contribution in [3.05, 3.63) is 102 Å². The van der Waals surface area contributed by atoms with E-state index in [1.807, 2.05) is 60.7 Å². The Labute approximate surface area is 204 Å². The van der Waals surface area contributed by atoms with Gasteiger partial charge in [-0.25, -0.2) is 4.79 Å². The van der Waals surface area contributed by atoms with E-state index in [2.05, 4.69) is 5.32 Å². The van der Waals surface area contributed by atoms with Crippen molar-refractivity contribution in [2.75, 3.05) is 7.11 Å². The summed E-state index contributed by atoms with van der Waals surface area (Å²) in [5.74, 6) is -1.71. The average molecular weight is 476 g/mol. The van der Waals surface area contributed by atoms with Crippen molar-refractivity contribution in [3.8, 4) is 5.75 Å². The summed E-state index contributed by atoms with van der Waals surface area (Å²) < 4.78 is 10.4. The zero-order valence-electron chi connectivity index (χ0n) is 19.6. The van der Waals surface area contributed by atoms with Gasteiger partial charge < -0.3 is 19.9 Å². The monoisotopic (exact) mass is 475 g/mol. The number of rotatable bonds is 12. The summed E-state index contributed by atoms with van der Waals surface area (Å²) in [7, 11) is 1.55. The summed E-state index contributed by atoms with van der Waals surface area (Å²) in [5, 5.41) is 12.4. The molecule has 7 heteroatoms. The number of nitrogens with one attached hydrogen (secondary N) is 1. The van der Waals surface area contributed by atoms with Gasteiger partial charge in [0, 0.05) is 6.42 Å². The summed E-state index contributed by atoms with van der Waals surface area (Å²) in [6.45, 7) is 0.0636. The lowest BCUT2D eigenvalue weighted by molar-refractivity contribution is -0.143. The molecule has 3 rings (SSSR count). The number of ether oxygens (including phenoxy) is 2. The van der Waals surface area contributed by atoms with E-state index in [4.69, 9.17) is 9.47 Å². The number of alkyl carbamates (subject to hydrolysis) is 1. The van der Waals surface area contributed by atoms with Crippen LogP contribution in [0.25, 0.3) is 0 Å². The number of methoxy groups -OCH3 is 1. The highest BCUT2D eigenvalue weighted by Crippen LogP contribution is 2.19. The fourth-order valence-corrected chi connectivity index (χ4v) is 3.68. The van der Waals surface area contributed by atoms with Crippen molar-refractivity contribution in [2.24, 2.45) is 5.92 Å². The largest absolute Gasteiger partial charge is 0.497 e. The molecule has 0 saturated heterocycles. The second kappa shape index (κ2) is 12.9. The molecule has 0 aromatic heterocycles. The highest BCUT2D eigenvalue weighted by molar-refractivity contribution is 5.90. The number of carbonyl (C=O) groups is 3. The van der Waals surface area contributed by atoms with E-state index < -0.39 is 24.0 Å². The quantitative estimate of drug-likeness (QED) is 0.402. The Balaban J connectivity index is 1.68. The second-order valence-corrected chi connectivity index (χ2v) is 8.21. The van der Waals surface area contributed by atoms with Crippen LogP contribution in [-0.4, -0.2) is 36.1 Å². The van der Waals surface area contributed by atoms with Crippen LogP contribution in [0.2, 0.25) is 0 Å². The number of amides is 1. The van der Waals surface area contributed by atoms with Gasteiger partial charge in [-0.3, -0.25) is 9.59 Å². The van der Waals surface area contributed by atoms with Crippen LogP contribution in [-0.2, 0) is 33.8 Å². The Morgan fingerprint density at radius 1 is 0.800 bits per heavy atom. The molecule has 0 radical (unpaired) electrons. The standard InChI is InChI=1S/C28H29NO6/c1-34-24-14-12-21(13-15-24)16-23(27(31)32)18-26(30)25(17-20-8-4-2-5-9-20)29-28(33)35-19-22-10-6-3-7-11-22/h2-15,23,25H,16-19H2,1H3,(H,29,33)(H,31,32)/t23?,25-/m1/s1. The van der Waals surface area contributed by atoms with Gasteiger partial charge in [-0.2, -0.15) is 0 Å². The predicted octanol–water partition coefficient (Wildman–Crippen LogP) is 4.44. The van der Waals surface area contributed by atoms with Gasteiger partial charge in [0.05, 0.1) is 19.1 Å². The van der Waals surface area contributed by atoms with Gasteiger partial charge in [0.2, 0.25) is 0 Å². The van der Waals surface area contributed by atoms with Crippen LogP contribution < -0.4 is 10.1 Å². The second-order valence-electron chi connectivity index (χ2n) is 8.21. The third kappa shape index (κ3) is 8.30. The van der Waals surface area contributed by atoms with Gasteiger partial charge in [-0.15, -0.1) is 0 Å². The summed E-state index contributed by atoms with van der Waals surface area (Å²) in [5.41, 5.74) is 2.44. The molecule has 3 aromatic carbocycles. The van der Waals surface area contributed by atoms with E-state index in [-0.39, 0.29) is 31.7 Å². The summed E-state index contributed by atoms with van der Waals surface area (Å²) in [4.78, 5) is 37.6. The van der Waals surface area contributed by atoms with E-state index >= 15 is 0 Å². The molecule has 0 aliphatic rings. The number of carboxylic acids is 1. The number of aliphatic carboxylic acids is 1. The van der Waals surface area contributed by atoms with Crippen LogP contribution in [0, 0.1) is 5.92 Å². The Bertz CT molecular complexity index is 1100. The first-order chi connectivity index (χ1) is 16.9. The zero-order chi connectivity index (χ0) is 25.0. The molecule has 2 N–H and O–H groups in total. The first-order valence-electron chi connectivity index (χ1n) is 11.3. The van der Waals surface area contributed by atoms with Crippen molar-refractivity contribution < 1.29 is 29.0 Å². The molecule has 0 heterocycles. The molecular weight excluding hydrogens is 446 g/mol. The van der Waals surface area contributed by atoms with Crippen LogP contribution in [0.3, 0.4) is 0 Å². The highest BCUT2D eigenvalue weighted by Gasteiger charge is 2.28. The number of ketones is 1. The fraction of sp³-hybridized carbons (Fsp3) is 0.250. The molecule has 0 spiro atoms. The highest BCUT2D eigenvalue weighted by atomic mass is 16.5. The minimum absolute atomic E-state index is 0.0636. The van der Waals surface area contributed by atoms with Crippen LogP contribution in [0.5, 0.6) is 5.75 Å². The maximum atomic E-state index is 13.2. The van der Waals surface area contributed by atoms with Gasteiger partial charge in [-0.05, 0) is 41.7 Å². The topological polar surface area (TPSA) is 102 Å². The molecule has 0 saturated carbocycles. The molecule has 0 aliphatic heterocycles. The van der Waals surface area contributed by atoms with Gasteiger partial charge in [0.1, 0.15) is 12.4 Å². The molecule has 182 valence electrons. The van der Waals surface area contributed by atoms with Crippen LogP contribution >= 0.6 is 0 Å². The molecule has 1 amide bonds. The predicted molar refractivity (Wildman–Crippen MR) is 131 cm³/mol. The Hall–Kier alpha value is -4.13. The maximum Gasteiger partial charge on any atom is 0.408 e. The van der Waals surface area contributed by atoms with E-state index in [1.54, 1.807) is 31.4 Å². The molecule has 0 fully saturated rings. The minimum atomic E-state index is -1.07. The number of carbonyl (C=O) groups excluding carboxylic acids is 2. The lowest BCUT2D eigenvalue weighted by atomic mass is 9.90. The lowest BCUT2D eigenvalue weighted by Gasteiger charge is -2.20. The number of benzene rings is 3.